The summed E-state index contributed by atoms with van der Waals surface area (Å²) in [5.41, 5.74) is 7.39. The first-order valence-electron chi connectivity index (χ1n) is 10.3. The molecular formula is C22H26N4O3S2. The van der Waals surface area contributed by atoms with Crippen LogP contribution in [0.15, 0.2) is 29.4 Å². The minimum Gasteiger partial charge on any atom is -0.497 e. The normalized spacial score (nSPS) is 17.9. The molecule has 0 saturated heterocycles. The highest BCUT2D eigenvalue weighted by Crippen LogP contribution is 2.42. The molecule has 2 aromatic heterocycles. The second kappa shape index (κ2) is 9.02. The van der Waals surface area contributed by atoms with E-state index in [1.165, 1.54) is 10.4 Å². The van der Waals surface area contributed by atoms with Crippen LogP contribution in [0.25, 0.3) is 10.2 Å². The van der Waals surface area contributed by atoms with Crippen LogP contribution in [0.4, 0.5) is 5.82 Å². The van der Waals surface area contributed by atoms with Crippen LogP contribution in [-0.4, -0.2) is 34.3 Å². The number of ether oxygens (including phenoxy) is 2. The summed E-state index contributed by atoms with van der Waals surface area (Å²) in [4.78, 5) is 24.2. The second-order valence-electron chi connectivity index (χ2n) is 7.55. The number of hydrazine groups is 1. The smallest absolute Gasteiger partial charge is 0.269 e. The summed E-state index contributed by atoms with van der Waals surface area (Å²) in [5, 5.41) is 1.66. The van der Waals surface area contributed by atoms with Gasteiger partial charge in [-0.05, 0) is 48.9 Å². The van der Waals surface area contributed by atoms with E-state index in [0.29, 0.717) is 28.9 Å². The van der Waals surface area contributed by atoms with Gasteiger partial charge in [0.1, 0.15) is 10.6 Å². The Morgan fingerprint density at radius 1 is 1.29 bits per heavy atom. The quantitative estimate of drug-likeness (QED) is 0.298. The van der Waals surface area contributed by atoms with E-state index in [2.05, 4.69) is 31.6 Å². The molecule has 0 aliphatic carbocycles. The van der Waals surface area contributed by atoms with Crippen LogP contribution in [0, 0.1) is 0 Å². The van der Waals surface area contributed by atoms with Gasteiger partial charge in [-0.1, -0.05) is 25.6 Å². The number of aromatic nitrogens is 2. The lowest BCUT2D eigenvalue weighted by Gasteiger charge is -2.33. The fourth-order valence-corrected chi connectivity index (χ4v) is 5.22. The summed E-state index contributed by atoms with van der Waals surface area (Å²) in [5.74, 6) is 1.95. The molecule has 7 nitrogen and oxygen atoms in total. The average Bonchev–Trinajstić information content (AvgIpc) is 3.15. The Labute approximate surface area is 189 Å². The van der Waals surface area contributed by atoms with Gasteiger partial charge in [0.25, 0.3) is 5.91 Å². The van der Waals surface area contributed by atoms with E-state index < -0.39 is 0 Å². The number of hydrogen-bond donors (Lipinski definition) is 2. The third-order valence-electron chi connectivity index (χ3n) is 5.48. The molecule has 1 aliphatic heterocycles. The lowest BCUT2D eigenvalue weighted by atomic mass is 9.90. The number of anilines is 1. The third kappa shape index (κ3) is 4.49. The molecule has 31 heavy (non-hydrogen) atoms. The highest BCUT2D eigenvalue weighted by molar-refractivity contribution is 7.99. The third-order valence-corrected chi connectivity index (χ3v) is 7.31. The van der Waals surface area contributed by atoms with Gasteiger partial charge in [0.15, 0.2) is 11.0 Å². The Balaban J connectivity index is 1.66. The van der Waals surface area contributed by atoms with E-state index in [0.717, 1.165) is 28.8 Å². The number of methoxy groups -OCH3 is 1. The van der Waals surface area contributed by atoms with Crippen molar-refractivity contribution in [3.8, 4) is 5.75 Å². The topological polar surface area (TPSA) is 85.4 Å². The Morgan fingerprint density at radius 2 is 2.06 bits per heavy atom. The number of thiophene rings is 1. The van der Waals surface area contributed by atoms with Crippen molar-refractivity contribution < 1.29 is 14.3 Å². The van der Waals surface area contributed by atoms with Crippen molar-refractivity contribution in [1.82, 2.24) is 15.4 Å². The standard InChI is InChI=1S/C22H26N4O3S2/c1-5-22(3)11-15-16(12-29-22)31-20-17(15)18(23-21(24-20)30-6-2)25-26-19(27)13-7-9-14(28-4)10-8-13/h7-10H,5-6,11-12H2,1-4H3,(H,26,27)(H,23,24,25)/t22-/m0/s1. The van der Waals surface area contributed by atoms with E-state index in [1.807, 2.05) is 0 Å². The molecule has 0 saturated carbocycles. The number of fused-ring (bicyclic) bond motifs is 3. The minimum absolute atomic E-state index is 0.207. The van der Waals surface area contributed by atoms with Gasteiger partial charge in [-0.2, -0.15) is 0 Å². The van der Waals surface area contributed by atoms with Crippen molar-refractivity contribution in [2.75, 3.05) is 18.3 Å². The average molecular weight is 459 g/mol. The molecule has 9 heteroatoms. The molecule has 0 spiro atoms. The predicted octanol–water partition coefficient (Wildman–Crippen LogP) is 4.81. The Kier molecular flexibility index (Phi) is 6.36. The molecule has 1 aromatic carbocycles. The minimum atomic E-state index is -0.245. The summed E-state index contributed by atoms with van der Waals surface area (Å²) in [6.07, 6.45) is 1.72. The highest BCUT2D eigenvalue weighted by atomic mass is 32.2. The van der Waals surface area contributed by atoms with Crippen molar-refractivity contribution in [3.05, 3.63) is 40.3 Å². The number of carbonyl (C=O) groups excluding carboxylic acids is 1. The monoisotopic (exact) mass is 458 g/mol. The van der Waals surface area contributed by atoms with E-state index in [-0.39, 0.29) is 11.5 Å². The van der Waals surface area contributed by atoms with Crippen molar-refractivity contribution >= 4 is 45.0 Å². The number of nitrogens with zero attached hydrogens (tertiary/aromatic N) is 2. The molecule has 1 amide bonds. The van der Waals surface area contributed by atoms with Gasteiger partial charge in [-0.25, -0.2) is 9.97 Å². The summed E-state index contributed by atoms with van der Waals surface area (Å²) >= 11 is 3.22. The molecule has 164 valence electrons. The maximum atomic E-state index is 12.7. The van der Waals surface area contributed by atoms with Crippen LogP contribution in [0.2, 0.25) is 0 Å². The second-order valence-corrected chi connectivity index (χ2v) is 9.86. The molecule has 2 N–H and O–H groups in total. The van der Waals surface area contributed by atoms with Crippen LogP contribution in [0.1, 0.15) is 48.0 Å². The zero-order chi connectivity index (χ0) is 22.0. The molecule has 4 rings (SSSR count). The SMILES string of the molecule is CCSc1nc(NNC(=O)c2ccc(OC)cc2)c2c3c(sc2n1)CO[C@@](C)(CC)C3. The first kappa shape index (κ1) is 21.9. The van der Waals surface area contributed by atoms with Gasteiger partial charge in [0.2, 0.25) is 0 Å². The number of rotatable bonds is 7. The van der Waals surface area contributed by atoms with E-state index in [1.54, 1.807) is 54.5 Å². The molecule has 0 fully saturated rings. The first-order chi connectivity index (χ1) is 15.0. The van der Waals surface area contributed by atoms with Crippen molar-refractivity contribution in [2.45, 2.75) is 51.0 Å². The number of thioether (sulfide) groups is 1. The summed E-state index contributed by atoms with van der Waals surface area (Å²) in [7, 11) is 1.60. The molecule has 0 unspecified atom stereocenters. The molecule has 3 heterocycles. The Bertz CT molecular complexity index is 1100. The first-order valence-corrected chi connectivity index (χ1v) is 12.1. The zero-order valence-electron chi connectivity index (χ0n) is 18.1. The summed E-state index contributed by atoms with van der Waals surface area (Å²) in [6.45, 7) is 6.92. The number of hydrogen-bond acceptors (Lipinski definition) is 8. The fraction of sp³-hybridized carbons (Fsp3) is 0.409. The van der Waals surface area contributed by atoms with E-state index in [4.69, 9.17) is 19.4 Å². The van der Waals surface area contributed by atoms with Crippen molar-refractivity contribution in [1.29, 1.82) is 0 Å². The van der Waals surface area contributed by atoms with Gasteiger partial charge < -0.3 is 9.47 Å². The van der Waals surface area contributed by atoms with Crippen molar-refractivity contribution in [2.24, 2.45) is 0 Å². The van der Waals surface area contributed by atoms with Gasteiger partial charge in [0, 0.05) is 16.9 Å². The molecule has 0 radical (unpaired) electrons. The number of benzene rings is 1. The van der Waals surface area contributed by atoms with Crippen molar-refractivity contribution in [3.63, 3.8) is 0 Å². The Hall–Kier alpha value is -2.36. The van der Waals surface area contributed by atoms with Gasteiger partial charge in [-0.15, -0.1) is 11.3 Å². The predicted molar refractivity (Wildman–Crippen MR) is 125 cm³/mol. The van der Waals surface area contributed by atoms with Gasteiger partial charge in [-0.3, -0.25) is 15.6 Å². The molecule has 0 bridgehead atoms. The van der Waals surface area contributed by atoms with E-state index in [9.17, 15) is 4.79 Å². The largest absolute Gasteiger partial charge is 0.497 e. The van der Waals surface area contributed by atoms with Crippen LogP contribution in [0.3, 0.4) is 0 Å². The van der Waals surface area contributed by atoms with Crippen LogP contribution < -0.4 is 15.6 Å². The molecule has 1 atom stereocenters. The maximum Gasteiger partial charge on any atom is 0.269 e. The van der Waals surface area contributed by atoms with Crippen LogP contribution in [0.5, 0.6) is 5.75 Å². The summed E-state index contributed by atoms with van der Waals surface area (Å²) < 4.78 is 11.3. The van der Waals surface area contributed by atoms with Crippen LogP contribution in [-0.2, 0) is 17.8 Å². The number of nitrogens with one attached hydrogen (secondary N) is 2. The molecular weight excluding hydrogens is 432 g/mol. The maximum absolute atomic E-state index is 12.7. The highest BCUT2D eigenvalue weighted by Gasteiger charge is 2.33. The van der Waals surface area contributed by atoms with E-state index >= 15 is 0 Å². The summed E-state index contributed by atoms with van der Waals surface area (Å²) in [6, 6.07) is 6.96. The number of amides is 1. The van der Waals surface area contributed by atoms with Gasteiger partial charge in [0.05, 0.1) is 24.7 Å². The fourth-order valence-electron chi connectivity index (χ4n) is 3.49. The molecule has 1 aliphatic rings. The lowest BCUT2D eigenvalue weighted by molar-refractivity contribution is -0.0543. The Morgan fingerprint density at radius 3 is 2.74 bits per heavy atom. The van der Waals surface area contributed by atoms with Gasteiger partial charge >= 0.3 is 0 Å². The van der Waals surface area contributed by atoms with Crippen LogP contribution >= 0.6 is 23.1 Å². The molecule has 3 aromatic rings. The number of carbonyl (C=O) groups is 1. The lowest BCUT2D eigenvalue weighted by Crippen LogP contribution is -2.34. The zero-order valence-corrected chi connectivity index (χ0v) is 19.7.